The highest BCUT2D eigenvalue weighted by Gasteiger charge is 2.13. The number of halogens is 1. The maximum atomic E-state index is 5.99. The molecule has 0 spiro atoms. The predicted molar refractivity (Wildman–Crippen MR) is 85.4 cm³/mol. The number of ether oxygens (including phenoxy) is 2. The van der Waals surface area contributed by atoms with Crippen molar-refractivity contribution in [2.24, 2.45) is 0 Å². The molecule has 110 valence electrons. The van der Waals surface area contributed by atoms with E-state index in [1.807, 2.05) is 18.2 Å². The Morgan fingerprint density at radius 3 is 2.76 bits per heavy atom. The SMILES string of the molecule is COc1cccc(CCl)c1OCc1ccc2c(c1)CCC2. The van der Waals surface area contributed by atoms with Crippen molar-refractivity contribution in [1.29, 1.82) is 0 Å². The third-order valence-corrected chi connectivity index (χ3v) is 4.26. The van der Waals surface area contributed by atoms with Gasteiger partial charge in [-0.2, -0.15) is 0 Å². The zero-order valence-corrected chi connectivity index (χ0v) is 13.0. The Morgan fingerprint density at radius 1 is 1.10 bits per heavy atom. The molecule has 1 aliphatic rings. The Bertz CT molecular complexity index is 615. The second-order valence-electron chi connectivity index (χ2n) is 5.33. The molecular formula is C18H19ClO2. The van der Waals surface area contributed by atoms with Crippen LogP contribution in [0.5, 0.6) is 11.5 Å². The zero-order chi connectivity index (χ0) is 14.7. The van der Waals surface area contributed by atoms with Gasteiger partial charge in [0.2, 0.25) is 0 Å². The molecule has 0 saturated carbocycles. The van der Waals surface area contributed by atoms with Crippen molar-refractivity contribution in [3.63, 3.8) is 0 Å². The number of alkyl halides is 1. The van der Waals surface area contributed by atoms with E-state index in [-0.39, 0.29) is 0 Å². The summed E-state index contributed by atoms with van der Waals surface area (Å²) in [6.45, 7) is 0.539. The average Bonchev–Trinajstić information content (AvgIpc) is 3.00. The van der Waals surface area contributed by atoms with E-state index in [0.29, 0.717) is 12.5 Å². The molecule has 2 nitrogen and oxygen atoms in total. The summed E-state index contributed by atoms with van der Waals surface area (Å²) in [5.74, 6) is 1.89. The number of hydrogen-bond donors (Lipinski definition) is 0. The lowest BCUT2D eigenvalue weighted by molar-refractivity contribution is 0.282. The number of para-hydroxylation sites is 1. The van der Waals surface area contributed by atoms with Crippen molar-refractivity contribution in [2.45, 2.75) is 31.7 Å². The maximum Gasteiger partial charge on any atom is 0.166 e. The van der Waals surface area contributed by atoms with Gasteiger partial charge >= 0.3 is 0 Å². The third kappa shape index (κ3) is 3.01. The van der Waals surface area contributed by atoms with Gasteiger partial charge in [-0.3, -0.25) is 0 Å². The molecular weight excluding hydrogens is 284 g/mol. The van der Waals surface area contributed by atoms with Crippen LogP contribution in [0, 0.1) is 0 Å². The minimum Gasteiger partial charge on any atom is -0.493 e. The number of fused-ring (bicyclic) bond motifs is 1. The Balaban J connectivity index is 1.78. The molecule has 3 heteroatoms. The number of rotatable bonds is 5. The Hall–Kier alpha value is -1.67. The molecule has 0 radical (unpaired) electrons. The first-order valence-corrected chi connectivity index (χ1v) is 7.80. The van der Waals surface area contributed by atoms with E-state index in [2.05, 4.69) is 18.2 Å². The molecule has 0 aliphatic heterocycles. The molecule has 0 N–H and O–H groups in total. The molecule has 0 aromatic heterocycles. The van der Waals surface area contributed by atoms with Gasteiger partial charge in [0.05, 0.1) is 13.0 Å². The minimum atomic E-state index is 0.413. The number of hydrogen-bond acceptors (Lipinski definition) is 2. The zero-order valence-electron chi connectivity index (χ0n) is 12.2. The van der Waals surface area contributed by atoms with Crippen LogP contribution in [0.4, 0.5) is 0 Å². The summed E-state index contributed by atoms with van der Waals surface area (Å²) in [4.78, 5) is 0. The van der Waals surface area contributed by atoms with Gasteiger partial charge in [-0.25, -0.2) is 0 Å². The van der Waals surface area contributed by atoms with Gasteiger partial charge in [0.1, 0.15) is 6.61 Å². The number of benzene rings is 2. The Kier molecular flexibility index (Phi) is 4.35. The fourth-order valence-electron chi connectivity index (χ4n) is 2.86. The second kappa shape index (κ2) is 6.40. The van der Waals surface area contributed by atoms with Crippen molar-refractivity contribution in [3.8, 4) is 11.5 Å². The van der Waals surface area contributed by atoms with Crippen LogP contribution in [0.1, 0.15) is 28.7 Å². The van der Waals surface area contributed by atoms with Crippen LogP contribution in [0.15, 0.2) is 36.4 Å². The minimum absolute atomic E-state index is 0.413. The first-order chi connectivity index (χ1) is 10.3. The Morgan fingerprint density at radius 2 is 1.95 bits per heavy atom. The summed E-state index contributed by atoms with van der Waals surface area (Å²) in [6.07, 6.45) is 3.66. The van der Waals surface area contributed by atoms with Crippen molar-refractivity contribution < 1.29 is 9.47 Å². The van der Waals surface area contributed by atoms with E-state index in [0.717, 1.165) is 17.1 Å². The van der Waals surface area contributed by atoms with Gasteiger partial charge in [-0.1, -0.05) is 30.3 Å². The van der Waals surface area contributed by atoms with Gasteiger partial charge in [0.25, 0.3) is 0 Å². The van der Waals surface area contributed by atoms with Crippen LogP contribution in [0.25, 0.3) is 0 Å². The van der Waals surface area contributed by atoms with Crippen LogP contribution in [0.3, 0.4) is 0 Å². The molecule has 0 unspecified atom stereocenters. The summed E-state index contributed by atoms with van der Waals surface area (Å²) in [7, 11) is 1.65. The number of methoxy groups -OCH3 is 1. The molecule has 2 aromatic carbocycles. The summed E-state index contributed by atoms with van der Waals surface area (Å²) < 4.78 is 11.4. The highest BCUT2D eigenvalue weighted by Crippen LogP contribution is 2.33. The molecule has 0 saturated heterocycles. The molecule has 21 heavy (non-hydrogen) atoms. The fraction of sp³-hybridized carbons (Fsp3) is 0.333. The van der Waals surface area contributed by atoms with Gasteiger partial charge in [0, 0.05) is 5.56 Å². The van der Waals surface area contributed by atoms with Gasteiger partial charge in [0.15, 0.2) is 11.5 Å². The van der Waals surface area contributed by atoms with E-state index < -0.39 is 0 Å². The molecule has 0 atom stereocenters. The summed E-state index contributed by atoms with van der Waals surface area (Å²) in [5.41, 5.74) is 5.10. The molecule has 2 aromatic rings. The summed E-state index contributed by atoms with van der Waals surface area (Å²) >= 11 is 5.98. The molecule has 0 fully saturated rings. The Labute approximate surface area is 130 Å². The topological polar surface area (TPSA) is 18.5 Å². The van der Waals surface area contributed by atoms with Gasteiger partial charge in [-0.15, -0.1) is 11.6 Å². The lowest BCUT2D eigenvalue weighted by atomic mass is 10.1. The van der Waals surface area contributed by atoms with Crippen LogP contribution >= 0.6 is 11.6 Å². The largest absolute Gasteiger partial charge is 0.493 e. The van der Waals surface area contributed by atoms with Crippen LogP contribution < -0.4 is 9.47 Å². The molecule has 1 aliphatic carbocycles. The van der Waals surface area contributed by atoms with E-state index in [9.17, 15) is 0 Å². The van der Waals surface area contributed by atoms with Crippen LogP contribution in [0.2, 0.25) is 0 Å². The normalized spacial score (nSPS) is 13.0. The monoisotopic (exact) mass is 302 g/mol. The number of aryl methyl sites for hydroxylation is 2. The van der Waals surface area contributed by atoms with Crippen LogP contribution in [-0.2, 0) is 25.3 Å². The third-order valence-electron chi connectivity index (χ3n) is 3.97. The van der Waals surface area contributed by atoms with Crippen molar-refractivity contribution in [2.75, 3.05) is 7.11 Å². The van der Waals surface area contributed by atoms with E-state index in [4.69, 9.17) is 21.1 Å². The quantitative estimate of drug-likeness (QED) is 0.757. The highest BCUT2D eigenvalue weighted by atomic mass is 35.5. The van der Waals surface area contributed by atoms with Crippen molar-refractivity contribution in [1.82, 2.24) is 0 Å². The van der Waals surface area contributed by atoms with E-state index >= 15 is 0 Å². The van der Waals surface area contributed by atoms with E-state index in [1.54, 1.807) is 7.11 Å². The lowest BCUT2D eigenvalue weighted by Gasteiger charge is -2.14. The smallest absolute Gasteiger partial charge is 0.166 e. The average molecular weight is 303 g/mol. The van der Waals surface area contributed by atoms with Crippen LogP contribution in [-0.4, -0.2) is 7.11 Å². The second-order valence-corrected chi connectivity index (χ2v) is 5.59. The van der Waals surface area contributed by atoms with Gasteiger partial charge < -0.3 is 9.47 Å². The summed E-state index contributed by atoms with van der Waals surface area (Å²) in [6, 6.07) is 12.4. The molecule has 3 rings (SSSR count). The first kappa shape index (κ1) is 14.3. The first-order valence-electron chi connectivity index (χ1n) is 7.27. The molecule has 0 heterocycles. The maximum absolute atomic E-state index is 5.99. The standard InChI is InChI=1S/C18H19ClO2/c1-20-17-7-3-6-16(11-19)18(17)21-12-13-8-9-14-4-2-5-15(14)10-13/h3,6-10H,2,4-5,11-12H2,1H3. The molecule has 0 bridgehead atoms. The lowest BCUT2D eigenvalue weighted by Crippen LogP contribution is -2.01. The predicted octanol–water partition coefficient (Wildman–Crippen LogP) is 4.50. The van der Waals surface area contributed by atoms with Crippen molar-refractivity contribution in [3.05, 3.63) is 58.7 Å². The van der Waals surface area contributed by atoms with Gasteiger partial charge in [-0.05, 0) is 42.0 Å². The molecule has 0 amide bonds. The highest BCUT2D eigenvalue weighted by molar-refractivity contribution is 6.17. The fourth-order valence-corrected chi connectivity index (χ4v) is 3.07. The van der Waals surface area contributed by atoms with Crippen molar-refractivity contribution >= 4 is 11.6 Å². The van der Waals surface area contributed by atoms with E-state index in [1.165, 1.54) is 36.0 Å². The summed E-state index contributed by atoms with van der Waals surface area (Å²) in [5, 5.41) is 0.